The third kappa shape index (κ3) is 4.28. The number of carbonyl (C=O) groups excluding carboxylic acids is 1. The number of carbonyl (C=O) groups is 1. The molecule has 0 radical (unpaired) electrons. The second-order valence-corrected chi connectivity index (χ2v) is 9.21. The number of hydrogen-bond donors (Lipinski definition) is 0. The molecule has 0 aromatic heterocycles. The number of fused-ring (bicyclic) bond motifs is 1. The van der Waals surface area contributed by atoms with Gasteiger partial charge in [0.1, 0.15) is 13.2 Å². The zero-order valence-electron chi connectivity index (χ0n) is 16.9. The Morgan fingerprint density at radius 3 is 2.33 bits per heavy atom. The Bertz CT molecular complexity index is 1000. The molecule has 0 unspecified atom stereocenters. The smallest absolute Gasteiger partial charge is 0.243 e. The van der Waals surface area contributed by atoms with Crippen molar-refractivity contribution in [1.82, 2.24) is 9.21 Å². The van der Waals surface area contributed by atoms with Crippen LogP contribution >= 0.6 is 0 Å². The van der Waals surface area contributed by atoms with Crippen LogP contribution in [0.25, 0.3) is 0 Å². The minimum atomic E-state index is -3.63. The van der Waals surface area contributed by atoms with Crippen LogP contribution in [0.5, 0.6) is 11.5 Å². The monoisotopic (exact) mass is 431 g/mol. The number of benzene rings is 2. The summed E-state index contributed by atoms with van der Waals surface area (Å²) in [6.07, 6.45) is 0. The zero-order valence-corrected chi connectivity index (χ0v) is 17.7. The van der Waals surface area contributed by atoms with Crippen LogP contribution in [0.3, 0.4) is 0 Å². The van der Waals surface area contributed by atoms with Crippen molar-refractivity contribution in [2.75, 3.05) is 57.9 Å². The van der Waals surface area contributed by atoms with Crippen LogP contribution in [-0.2, 0) is 14.8 Å². The molecule has 2 aromatic rings. The summed E-state index contributed by atoms with van der Waals surface area (Å²) in [6.45, 7) is 2.78. The van der Waals surface area contributed by atoms with E-state index in [1.807, 2.05) is 35.2 Å². The highest BCUT2D eigenvalue weighted by molar-refractivity contribution is 7.89. The van der Waals surface area contributed by atoms with Crippen molar-refractivity contribution in [3.05, 3.63) is 48.5 Å². The first-order valence-electron chi connectivity index (χ1n) is 9.89. The number of ether oxygens (including phenoxy) is 2. The number of rotatable bonds is 5. The SMILES string of the molecule is CN(C(=O)CN1CCN(S(=O)(=O)c2ccc3c(c2)OCCO3)CC1)c1ccccc1. The summed E-state index contributed by atoms with van der Waals surface area (Å²) in [5.74, 6) is 0.992. The minimum absolute atomic E-state index is 0.0238. The first kappa shape index (κ1) is 20.6. The Morgan fingerprint density at radius 1 is 0.967 bits per heavy atom. The van der Waals surface area contributed by atoms with Gasteiger partial charge in [0.05, 0.1) is 11.4 Å². The van der Waals surface area contributed by atoms with Gasteiger partial charge in [0.15, 0.2) is 11.5 Å². The van der Waals surface area contributed by atoms with Crippen molar-refractivity contribution in [3.63, 3.8) is 0 Å². The molecule has 1 saturated heterocycles. The molecule has 0 bridgehead atoms. The van der Waals surface area contributed by atoms with Crippen LogP contribution in [0.1, 0.15) is 0 Å². The third-order valence-corrected chi connectivity index (χ3v) is 7.25. The molecule has 160 valence electrons. The molecule has 0 spiro atoms. The van der Waals surface area contributed by atoms with Crippen LogP contribution in [0, 0.1) is 0 Å². The predicted molar refractivity (Wildman–Crippen MR) is 112 cm³/mol. The fourth-order valence-corrected chi connectivity index (χ4v) is 4.99. The number of nitrogens with zero attached hydrogens (tertiary/aromatic N) is 3. The van der Waals surface area contributed by atoms with Gasteiger partial charge in [-0.25, -0.2) is 8.42 Å². The van der Waals surface area contributed by atoms with Crippen LogP contribution < -0.4 is 14.4 Å². The van der Waals surface area contributed by atoms with Crippen LogP contribution in [-0.4, -0.2) is 76.5 Å². The van der Waals surface area contributed by atoms with E-state index in [9.17, 15) is 13.2 Å². The lowest BCUT2D eigenvalue weighted by atomic mass is 10.3. The number of anilines is 1. The highest BCUT2D eigenvalue weighted by Crippen LogP contribution is 2.33. The number of sulfonamides is 1. The Kier molecular flexibility index (Phi) is 5.94. The molecule has 0 aliphatic carbocycles. The van der Waals surface area contributed by atoms with Crippen molar-refractivity contribution in [2.24, 2.45) is 0 Å². The molecule has 4 rings (SSSR count). The highest BCUT2D eigenvalue weighted by Gasteiger charge is 2.30. The molecule has 0 N–H and O–H groups in total. The number of piperazine rings is 1. The summed E-state index contributed by atoms with van der Waals surface area (Å²) in [5, 5.41) is 0. The molecule has 0 saturated carbocycles. The van der Waals surface area contributed by atoms with E-state index >= 15 is 0 Å². The molecule has 2 aromatic carbocycles. The molecule has 1 fully saturated rings. The summed E-state index contributed by atoms with van der Waals surface area (Å²) in [5.41, 5.74) is 0.835. The van der Waals surface area contributed by atoms with Gasteiger partial charge in [-0.05, 0) is 24.3 Å². The van der Waals surface area contributed by atoms with Gasteiger partial charge in [-0.2, -0.15) is 4.31 Å². The molecule has 8 nitrogen and oxygen atoms in total. The first-order chi connectivity index (χ1) is 14.4. The molecule has 2 aliphatic heterocycles. The van der Waals surface area contributed by atoms with Gasteiger partial charge in [0.25, 0.3) is 0 Å². The van der Waals surface area contributed by atoms with Crippen molar-refractivity contribution in [2.45, 2.75) is 4.90 Å². The van der Waals surface area contributed by atoms with Gasteiger partial charge in [-0.15, -0.1) is 0 Å². The molecule has 0 atom stereocenters. The van der Waals surface area contributed by atoms with E-state index in [0.717, 1.165) is 5.69 Å². The zero-order chi connectivity index (χ0) is 21.1. The van der Waals surface area contributed by atoms with Gasteiger partial charge in [0, 0.05) is 45.0 Å². The van der Waals surface area contributed by atoms with E-state index in [1.54, 1.807) is 24.1 Å². The lowest BCUT2D eigenvalue weighted by Crippen LogP contribution is -2.51. The molecule has 2 heterocycles. The van der Waals surface area contributed by atoms with E-state index in [2.05, 4.69) is 0 Å². The molecule has 2 aliphatic rings. The lowest BCUT2D eigenvalue weighted by Gasteiger charge is -2.34. The Hall–Kier alpha value is -2.62. The maximum absolute atomic E-state index is 13.0. The van der Waals surface area contributed by atoms with E-state index in [-0.39, 0.29) is 17.3 Å². The predicted octanol–water partition coefficient (Wildman–Crippen LogP) is 1.43. The van der Waals surface area contributed by atoms with Gasteiger partial charge in [-0.1, -0.05) is 18.2 Å². The molecule has 30 heavy (non-hydrogen) atoms. The van der Waals surface area contributed by atoms with Gasteiger partial charge in [0.2, 0.25) is 15.9 Å². The maximum atomic E-state index is 13.0. The molecule has 9 heteroatoms. The Labute approximate surface area is 176 Å². The average molecular weight is 432 g/mol. The number of hydrogen-bond acceptors (Lipinski definition) is 6. The quantitative estimate of drug-likeness (QED) is 0.713. The van der Waals surface area contributed by atoms with Gasteiger partial charge < -0.3 is 14.4 Å². The highest BCUT2D eigenvalue weighted by atomic mass is 32.2. The lowest BCUT2D eigenvalue weighted by molar-refractivity contribution is -0.119. The summed E-state index contributed by atoms with van der Waals surface area (Å²) in [7, 11) is -1.88. The number of likely N-dealkylation sites (N-methyl/N-ethyl adjacent to an activating group) is 1. The van der Waals surface area contributed by atoms with Crippen LogP contribution in [0.2, 0.25) is 0 Å². The van der Waals surface area contributed by atoms with E-state index in [4.69, 9.17) is 9.47 Å². The van der Waals surface area contributed by atoms with E-state index in [1.165, 1.54) is 10.4 Å². The largest absolute Gasteiger partial charge is 0.486 e. The third-order valence-electron chi connectivity index (χ3n) is 5.36. The van der Waals surface area contributed by atoms with Crippen molar-refractivity contribution < 1.29 is 22.7 Å². The normalized spacial score (nSPS) is 17.5. The number of amides is 1. The standard InChI is InChI=1S/C21H25N3O5S/c1-22(17-5-3-2-4-6-17)21(25)16-23-9-11-24(12-10-23)30(26,27)18-7-8-19-20(15-18)29-14-13-28-19/h2-8,15H,9-14,16H2,1H3. The van der Waals surface area contributed by atoms with E-state index < -0.39 is 10.0 Å². The average Bonchev–Trinajstić information content (AvgIpc) is 2.79. The summed E-state index contributed by atoms with van der Waals surface area (Å²) >= 11 is 0. The topological polar surface area (TPSA) is 79.4 Å². The molecule has 1 amide bonds. The van der Waals surface area contributed by atoms with Crippen LogP contribution in [0.4, 0.5) is 5.69 Å². The first-order valence-corrected chi connectivity index (χ1v) is 11.3. The Balaban J connectivity index is 1.36. The van der Waals surface area contributed by atoms with Crippen molar-refractivity contribution in [1.29, 1.82) is 0 Å². The van der Waals surface area contributed by atoms with Crippen LogP contribution in [0.15, 0.2) is 53.4 Å². The summed E-state index contributed by atoms with van der Waals surface area (Å²) in [4.78, 5) is 16.4. The molecular weight excluding hydrogens is 406 g/mol. The van der Waals surface area contributed by atoms with Gasteiger partial charge in [-0.3, -0.25) is 9.69 Å². The number of para-hydroxylation sites is 1. The summed E-state index contributed by atoms with van der Waals surface area (Å²) < 4.78 is 38.5. The fraction of sp³-hybridized carbons (Fsp3) is 0.381. The second-order valence-electron chi connectivity index (χ2n) is 7.27. The Morgan fingerprint density at radius 2 is 1.63 bits per heavy atom. The van der Waals surface area contributed by atoms with Crippen molar-refractivity contribution >= 4 is 21.6 Å². The van der Waals surface area contributed by atoms with Gasteiger partial charge >= 0.3 is 0 Å². The van der Waals surface area contributed by atoms with Crippen molar-refractivity contribution in [3.8, 4) is 11.5 Å². The second kappa shape index (κ2) is 8.63. The van der Waals surface area contributed by atoms with E-state index in [0.29, 0.717) is 50.9 Å². The molecular formula is C21H25N3O5S. The minimum Gasteiger partial charge on any atom is -0.486 e. The fourth-order valence-electron chi connectivity index (χ4n) is 3.55. The summed E-state index contributed by atoms with van der Waals surface area (Å²) in [6, 6.07) is 14.2. The maximum Gasteiger partial charge on any atom is 0.243 e.